The van der Waals surface area contributed by atoms with Crippen LogP contribution >= 0.6 is 8.58 Å². The van der Waals surface area contributed by atoms with Crippen molar-refractivity contribution in [1.82, 2.24) is 0 Å². The lowest BCUT2D eigenvalue weighted by atomic mass is 10.3. The summed E-state index contributed by atoms with van der Waals surface area (Å²) in [4.78, 5) is 0. The molecule has 60 valence electrons. The summed E-state index contributed by atoms with van der Waals surface area (Å²) >= 11 is 0. The highest BCUT2D eigenvalue weighted by atomic mass is 31.1. The van der Waals surface area contributed by atoms with Crippen molar-refractivity contribution < 1.29 is 0 Å². The molecule has 0 heterocycles. The molecule has 0 saturated heterocycles. The third-order valence-electron chi connectivity index (χ3n) is 1.48. The molecule has 0 bridgehead atoms. The fourth-order valence-corrected chi connectivity index (χ4v) is 1.99. The minimum atomic E-state index is 1.18. The van der Waals surface area contributed by atoms with E-state index in [1.54, 1.807) is 0 Å². The van der Waals surface area contributed by atoms with Gasteiger partial charge in [0.2, 0.25) is 0 Å². The van der Waals surface area contributed by atoms with Crippen molar-refractivity contribution >= 4 is 8.58 Å². The van der Waals surface area contributed by atoms with Gasteiger partial charge in [0.1, 0.15) is 0 Å². The molecular formula is C9H19P. The maximum Gasteiger partial charge on any atom is -0.0316 e. The first kappa shape index (κ1) is 10.2. The molecule has 0 aliphatic rings. The molecule has 0 saturated carbocycles. The summed E-state index contributed by atoms with van der Waals surface area (Å²) in [5, 5.41) is 0. The van der Waals surface area contributed by atoms with E-state index in [4.69, 9.17) is 0 Å². The second kappa shape index (κ2) is 9.17. The van der Waals surface area contributed by atoms with Gasteiger partial charge in [0.15, 0.2) is 0 Å². The Morgan fingerprint density at radius 1 is 1.30 bits per heavy atom. The zero-order chi connectivity index (χ0) is 7.66. The van der Waals surface area contributed by atoms with Crippen LogP contribution in [0.3, 0.4) is 0 Å². The maximum atomic E-state index is 3.70. The number of rotatable bonds is 7. The summed E-state index contributed by atoms with van der Waals surface area (Å²) in [6, 6.07) is 0. The van der Waals surface area contributed by atoms with Crippen LogP contribution in [0.15, 0.2) is 12.7 Å². The first-order valence-corrected chi connectivity index (χ1v) is 5.64. The molecule has 0 N–H and O–H groups in total. The van der Waals surface area contributed by atoms with E-state index < -0.39 is 0 Å². The standard InChI is InChI=1S/C9H19P/c1-3-5-7-9-10-8-6-4-2/h4,10H,2-3,5-9H2,1H3. The molecular weight excluding hydrogens is 139 g/mol. The molecule has 0 spiro atoms. The van der Waals surface area contributed by atoms with Gasteiger partial charge in [0, 0.05) is 0 Å². The molecule has 0 aromatic rings. The molecule has 1 atom stereocenters. The second-order valence-corrected chi connectivity index (χ2v) is 4.03. The monoisotopic (exact) mass is 158 g/mol. The Labute approximate surface area is 66.9 Å². The average molecular weight is 158 g/mol. The van der Waals surface area contributed by atoms with Crippen LogP contribution in [0.4, 0.5) is 0 Å². The van der Waals surface area contributed by atoms with Crippen molar-refractivity contribution in [3.63, 3.8) is 0 Å². The van der Waals surface area contributed by atoms with Crippen molar-refractivity contribution in [1.29, 1.82) is 0 Å². The van der Waals surface area contributed by atoms with Crippen molar-refractivity contribution in [2.75, 3.05) is 12.3 Å². The Morgan fingerprint density at radius 3 is 2.70 bits per heavy atom. The van der Waals surface area contributed by atoms with Crippen LogP contribution in [0, 0.1) is 0 Å². The summed E-state index contributed by atoms with van der Waals surface area (Å²) in [5.41, 5.74) is 0. The average Bonchev–Trinajstić information content (AvgIpc) is 1.97. The Balaban J connectivity index is 2.70. The van der Waals surface area contributed by atoms with E-state index in [0.29, 0.717) is 0 Å². The van der Waals surface area contributed by atoms with Crippen molar-refractivity contribution in [2.45, 2.75) is 32.6 Å². The SMILES string of the molecule is C=CCCPCCCCC. The maximum absolute atomic E-state index is 3.70. The molecule has 0 aromatic heterocycles. The molecule has 0 aliphatic heterocycles. The van der Waals surface area contributed by atoms with E-state index >= 15 is 0 Å². The second-order valence-electron chi connectivity index (χ2n) is 2.53. The van der Waals surface area contributed by atoms with Crippen LogP contribution in [-0.2, 0) is 0 Å². The first-order chi connectivity index (χ1) is 4.91. The van der Waals surface area contributed by atoms with Gasteiger partial charge in [-0.3, -0.25) is 0 Å². The molecule has 1 heteroatoms. The smallest absolute Gasteiger partial charge is 0.0316 e. The van der Waals surface area contributed by atoms with E-state index in [1.807, 2.05) is 6.08 Å². The van der Waals surface area contributed by atoms with Crippen molar-refractivity contribution in [3.05, 3.63) is 12.7 Å². The van der Waals surface area contributed by atoms with Gasteiger partial charge in [-0.1, -0.05) is 25.8 Å². The third kappa shape index (κ3) is 8.17. The van der Waals surface area contributed by atoms with Gasteiger partial charge in [-0.25, -0.2) is 0 Å². The summed E-state index contributed by atoms with van der Waals surface area (Å²) in [5.74, 6) is 0. The number of hydrogen-bond acceptors (Lipinski definition) is 0. The lowest BCUT2D eigenvalue weighted by Crippen LogP contribution is -1.79. The fourth-order valence-electron chi connectivity index (χ4n) is 0.829. The summed E-state index contributed by atoms with van der Waals surface area (Å²) in [6.45, 7) is 5.96. The highest BCUT2D eigenvalue weighted by Gasteiger charge is 1.86. The molecule has 0 aliphatic carbocycles. The lowest BCUT2D eigenvalue weighted by molar-refractivity contribution is 0.777. The molecule has 0 radical (unpaired) electrons. The van der Waals surface area contributed by atoms with Crippen molar-refractivity contribution in [2.24, 2.45) is 0 Å². The van der Waals surface area contributed by atoms with E-state index in [-0.39, 0.29) is 0 Å². The summed E-state index contributed by atoms with van der Waals surface area (Å²) in [7, 11) is 1.18. The summed E-state index contributed by atoms with van der Waals surface area (Å²) < 4.78 is 0. The quantitative estimate of drug-likeness (QED) is 0.302. The van der Waals surface area contributed by atoms with Crippen LogP contribution < -0.4 is 0 Å². The molecule has 0 amide bonds. The van der Waals surface area contributed by atoms with Gasteiger partial charge < -0.3 is 0 Å². The van der Waals surface area contributed by atoms with Crippen LogP contribution in [0.1, 0.15) is 32.6 Å². The molecule has 0 rings (SSSR count). The Morgan fingerprint density at radius 2 is 2.10 bits per heavy atom. The number of allylic oxidation sites excluding steroid dienone is 1. The lowest BCUT2D eigenvalue weighted by Gasteiger charge is -1.97. The van der Waals surface area contributed by atoms with Gasteiger partial charge >= 0.3 is 0 Å². The van der Waals surface area contributed by atoms with E-state index in [0.717, 1.165) is 0 Å². The predicted molar refractivity (Wildman–Crippen MR) is 52.4 cm³/mol. The topological polar surface area (TPSA) is 0 Å². The van der Waals surface area contributed by atoms with Gasteiger partial charge in [-0.05, 0) is 25.2 Å². The molecule has 10 heavy (non-hydrogen) atoms. The van der Waals surface area contributed by atoms with E-state index in [9.17, 15) is 0 Å². The number of hydrogen-bond donors (Lipinski definition) is 0. The van der Waals surface area contributed by atoms with Gasteiger partial charge in [0.25, 0.3) is 0 Å². The predicted octanol–water partition coefficient (Wildman–Crippen LogP) is 3.43. The molecule has 0 fully saturated rings. The zero-order valence-electron chi connectivity index (χ0n) is 7.03. The Kier molecular flexibility index (Phi) is 9.33. The Bertz CT molecular complexity index is 69.1. The number of unbranched alkanes of at least 4 members (excludes halogenated alkanes) is 2. The highest BCUT2D eigenvalue weighted by Crippen LogP contribution is 2.14. The zero-order valence-corrected chi connectivity index (χ0v) is 8.03. The first-order valence-electron chi connectivity index (χ1n) is 4.23. The van der Waals surface area contributed by atoms with Crippen LogP contribution in [0.2, 0.25) is 0 Å². The molecule has 0 aromatic carbocycles. The van der Waals surface area contributed by atoms with Crippen LogP contribution in [0.25, 0.3) is 0 Å². The van der Waals surface area contributed by atoms with Gasteiger partial charge in [-0.2, -0.15) is 0 Å². The van der Waals surface area contributed by atoms with Crippen LogP contribution in [0.5, 0.6) is 0 Å². The van der Waals surface area contributed by atoms with E-state index in [1.165, 1.54) is 46.6 Å². The summed E-state index contributed by atoms with van der Waals surface area (Å²) in [6.07, 6.45) is 10.3. The highest BCUT2D eigenvalue weighted by molar-refractivity contribution is 7.37. The molecule has 0 nitrogen and oxygen atoms in total. The largest absolute Gasteiger partial charge is 0.122 e. The minimum absolute atomic E-state index is 1.18. The molecule has 1 unspecified atom stereocenters. The minimum Gasteiger partial charge on any atom is -0.122 e. The van der Waals surface area contributed by atoms with E-state index in [2.05, 4.69) is 13.5 Å². The fraction of sp³-hybridized carbons (Fsp3) is 0.778. The Hall–Kier alpha value is 0.170. The van der Waals surface area contributed by atoms with Gasteiger partial charge in [-0.15, -0.1) is 15.2 Å². The van der Waals surface area contributed by atoms with Crippen molar-refractivity contribution in [3.8, 4) is 0 Å². The van der Waals surface area contributed by atoms with Crippen LogP contribution in [-0.4, -0.2) is 12.3 Å². The normalized spacial score (nSPS) is 10.9. The third-order valence-corrected chi connectivity index (χ3v) is 2.83. The van der Waals surface area contributed by atoms with Gasteiger partial charge in [0.05, 0.1) is 0 Å².